The predicted octanol–water partition coefficient (Wildman–Crippen LogP) is 3.24. The molecular weight excluding hydrogens is 158 g/mol. The van der Waals surface area contributed by atoms with Crippen LogP contribution in [0.2, 0.25) is 0 Å². The van der Waals surface area contributed by atoms with Crippen LogP contribution in [0.1, 0.15) is 25.0 Å². The van der Waals surface area contributed by atoms with Gasteiger partial charge in [0.05, 0.1) is 0 Å². The highest BCUT2D eigenvalue weighted by Gasteiger charge is 2.03. The molecule has 0 amide bonds. The van der Waals surface area contributed by atoms with Gasteiger partial charge in [0.15, 0.2) is 0 Å². The van der Waals surface area contributed by atoms with E-state index < -0.39 is 0 Å². The van der Waals surface area contributed by atoms with Crippen LogP contribution in [-0.4, -0.2) is 7.05 Å². The Morgan fingerprint density at radius 2 is 2.00 bits per heavy atom. The van der Waals surface area contributed by atoms with Gasteiger partial charge in [-0.1, -0.05) is 26.0 Å². The molecule has 1 rings (SSSR count). The molecule has 0 aliphatic carbocycles. The molecule has 0 unspecified atom stereocenters. The monoisotopic (exact) mass is 177 g/mol. The Balaban J connectivity index is 2.94. The number of hydrogen-bond acceptors (Lipinski definition) is 1. The molecule has 13 heavy (non-hydrogen) atoms. The fourth-order valence-corrected chi connectivity index (χ4v) is 1.62. The lowest BCUT2D eigenvalue weighted by atomic mass is 9.98. The Labute approximate surface area is 81.2 Å². The van der Waals surface area contributed by atoms with Crippen molar-refractivity contribution in [3.8, 4) is 0 Å². The summed E-state index contributed by atoms with van der Waals surface area (Å²) in [6.07, 6.45) is 1.17. The van der Waals surface area contributed by atoms with E-state index in [4.69, 9.17) is 0 Å². The Morgan fingerprint density at radius 1 is 1.31 bits per heavy atom. The van der Waals surface area contributed by atoms with E-state index >= 15 is 0 Å². The molecule has 1 nitrogen and oxygen atoms in total. The van der Waals surface area contributed by atoms with Crippen molar-refractivity contribution in [2.75, 3.05) is 12.4 Å². The van der Waals surface area contributed by atoms with Crippen LogP contribution >= 0.6 is 0 Å². The maximum Gasteiger partial charge on any atom is 0.0370 e. The maximum atomic E-state index is 3.21. The van der Waals surface area contributed by atoms with Gasteiger partial charge in [0.25, 0.3) is 0 Å². The molecule has 72 valence electrons. The van der Waals surface area contributed by atoms with Crippen molar-refractivity contribution < 1.29 is 0 Å². The summed E-state index contributed by atoms with van der Waals surface area (Å²) < 4.78 is 0. The van der Waals surface area contributed by atoms with Gasteiger partial charge in [-0.3, -0.25) is 0 Å². The van der Waals surface area contributed by atoms with E-state index in [1.807, 2.05) is 7.05 Å². The van der Waals surface area contributed by atoms with Gasteiger partial charge in [-0.2, -0.15) is 0 Å². The molecule has 0 bridgehead atoms. The second kappa shape index (κ2) is 4.31. The normalized spacial score (nSPS) is 10.5. The second-order valence-corrected chi connectivity index (χ2v) is 3.94. The quantitative estimate of drug-likeness (QED) is 0.747. The summed E-state index contributed by atoms with van der Waals surface area (Å²) in [6.45, 7) is 6.69. The van der Waals surface area contributed by atoms with Crippen LogP contribution in [0.5, 0.6) is 0 Å². The lowest BCUT2D eigenvalue weighted by molar-refractivity contribution is 0.645. The van der Waals surface area contributed by atoms with Gasteiger partial charge >= 0.3 is 0 Å². The van der Waals surface area contributed by atoms with Crippen LogP contribution < -0.4 is 5.32 Å². The molecular formula is C12H19N. The van der Waals surface area contributed by atoms with E-state index in [-0.39, 0.29) is 0 Å². The van der Waals surface area contributed by atoms with Crippen molar-refractivity contribution in [3.05, 3.63) is 29.3 Å². The Hall–Kier alpha value is -0.980. The van der Waals surface area contributed by atoms with Crippen LogP contribution in [-0.2, 0) is 6.42 Å². The average Bonchev–Trinajstić information content (AvgIpc) is 2.08. The van der Waals surface area contributed by atoms with Gasteiger partial charge in [-0.15, -0.1) is 0 Å². The fraction of sp³-hybridized carbons (Fsp3) is 0.500. The molecule has 1 aromatic carbocycles. The maximum absolute atomic E-state index is 3.21. The number of nitrogens with one attached hydrogen (secondary N) is 1. The van der Waals surface area contributed by atoms with E-state index in [1.165, 1.54) is 23.2 Å². The third kappa shape index (κ3) is 2.48. The largest absolute Gasteiger partial charge is 0.388 e. The summed E-state index contributed by atoms with van der Waals surface area (Å²) in [7, 11) is 1.97. The minimum absolute atomic E-state index is 0.728. The summed E-state index contributed by atoms with van der Waals surface area (Å²) in [4.78, 5) is 0. The molecule has 0 aromatic heterocycles. The van der Waals surface area contributed by atoms with Crippen molar-refractivity contribution in [2.45, 2.75) is 27.2 Å². The first-order chi connectivity index (χ1) is 6.15. The molecule has 0 fully saturated rings. The summed E-state index contributed by atoms with van der Waals surface area (Å²) in [5.41, 5.74) is 4.10. The predicted molar refractivity (Wildman–Crippen MR) is 59.3 cm³/mol. The number of anilines is 1. The zero-order valence-corrected chi connectivity index (χ0v) is 9.02. The first-order valence-corrected chi connectivity index (χ1v) is 4.91. The molecule has 1 aromatic rings. The van der Waals surface area contributed by atoms with Crippen molar-refractivity contribution >= 4 is 5.69 Å². The minimum atomic E-state index is 0.728. The molecule has 0 aliphatic rings. The molecule has 0 saturated carbocycles. The van der Waals surface area contributed by atoms with Crippen LogP contribution in [0.25, 0.3) is 0 Å². The first kappa shape index (κ1) is 10.1. The summed E-state index contributed by atoms with van der Waals surface area (Å²) in [5, 5.41) is 3.21. The Bertz CT molecular complexity index is 276. The van der Waals surface area contributed by atoms with E-state index in [0.717, 1.165) is 5.92 Å². The highest BCUT2D eigenvalue weighted by atomic mass is 14.8. The highest BCUT2D eigenvalue weighted by Crippen LogP contribution is 2.20. The minimum Gasteiger partial charge on any atom is -0.388 e. The molecule has 1 N–H and O–H groups in total. The SMILES string of the molecule is CNc1cccc(CC(C)C)c1C. The van der Waals surface area contributed by atoms with Crippen LogP contribution in [0.15, 0.2) is 18.2 Å². The highest BCUT2D eigenvalue weighted by molar-refractivity contribution is 5.53. The summed E-state index contributed by atoms with van der Waals surface area (Å²) in [6, 6.07) is 6.46. The molecule has 0 atom stereocenters. The number of rotatable bonds is 3. The van der Waals surface area contributed by atoms with Crippen molar-refractivity contribution in [1.29, 1.82) is 0 Å². The van der Waals surface area contributed by atoms with Crippen LogP contribution in [0, 0.1) is 12.8 Å². The third-order valence-electron chi connectivity index (χ3n) is 2.34. The number of hydrogen-bond donors (Lipinski definition) is 1. The van der Waals surface area contributed by atoms with Crippen LogP contribution in [0.4, 0.5) is 5.69 Å². The van der Waals surface area contributed by atoms with E-state index in [1.54, 1.807) is 0 Å². The first-order valence-electron chi connectivity index (χ1n) is 4.91. The average molecular weight is 177 g/mol. The van der Waals surface area contributed by atoms with E-state index in [2.05, 4.69) is 44.3 Å². The lowest BCUT2D eigenvalue weighted by Crippen LogP contribution is -2.00. The van der Waals surface area contributed by atoms with Gasteiger partial charge in [-0.25, -0.2) is 0 Å². The van der Waals surface area contributed by atoms with Gasteiger partial charge in [0.2, 0.25) is 0 Å². The van der Waals surface area contributed by atoms with Gasteiger partial charge < -0.3 is 5.32 Å². The summed E-state index contributed by atoms with van der Waals surface area (Å²) >= 11 is 0. The van der Waals surface area contributed by atoms with E-state index in [9.17, 15) is 0 Å². The zero-order chi connectivity index (χ0) is 9.84. The standard InChI is InChI=1S/C12H19N/c1-9(2)8-11-6-5-7-12(13-4)10(11)3/h5-7,9,13H,8H2,1-4H3. The van der Waals surface area contributed by atoms with Gasteiger partial charge in [0.1, 0.15) is 0 Å². The molecule has 0 heterocycles. The molecule has 1 heteroatoms. The molecule has 0 saturated heterocycles. The smallest absolute Gasteiger partial charge is 0.0370 e. The Morgan fingerprint density at radius 3 is 2.54 bits per heavy atom. The molecule has 0 radical (unpaired) electrons. The fourth-order valence-electron chi connectivity index (χ4n) is 1.62. The molecule has 0 aliphatic heterocycles. The van der Waals surface area contributed by atoms with E-state index in [0.29, 0.717) is 0 Å². The Kier molecular flexibility index (Phi) is 3.35. The van der Waals surface area contributed by atoms with Gasteiger partial charge in [0, 0.05) is 12.7 Å². The van der Waals surface area contributed by atoms with Crippen LogP contribution in [0.3, 0.4) is 0 Å². The topological polar surface area (TPSA) is 12.0 Å². The summed E-state index contributed by atoms with van der Waals surface area (Å²) in [5.74, 6) is 0.728. The van der Waals surface area contributed by atoms with Crippen molar-refractivity contribution in [3.63, 3.8) is 0 Å². The second-order valence-electron chi connectivity index (χ2n) is 3.94. The zero-order valence-electron chi connectivity index (χ0n) is 9.02. The molecule has 0 spiro atoms. The lowest BCUT2D eigenvalue weighted by Gasteiger charge is -2.12. The van der Waals surface area contributed by atoms with Gasteiger partial charge in [-0.05, 0) is 36.5 Å². The van der Waals surface area contributed by atoms with Crippen molar-refractivity contribution in [2.24, 2.45) is 5.92 Å². The number of benzene rings is 1. The van der Waals surface area contributed by atoms with Crippen molar-refractivity contribution in [1.82, 2.24) is 0 Å². The third-order valence-corrected chi connectivity index (χ3v) is 2.34.